The highest BCUT2D eigenvalue weighted by atomic mass is 127. The molecular weight excluding hydrogens is 435 g/mol. The smallest absolute Gasteiger partial charge is 0.243 e. The van der Waals surface area contributed by atoms with Crippen LogP contribution in [-0.4, -0.2) is 80.9 Å². The van der Waals surface area contributed by atoms with Crippen LogP contribution in [0.3, 0.4) is 0 Å². The van der Waals surface area contributed by atoms with Gasteiger partial charge < -0.3 is 24.6 Å². The molecule has 0 saturated carbocycles. The van der Waals surface area contributed by atoms with Crippen molar-refractivity contribution in [3.63, 3.8) is 0 Å². The Hall–Kier alpha value is -0.870. The molecule has 0 aliphatic carbocycles. The van der Waals surface area contributed by atoms with Gasteiger partial charge in [-0.15, -0.1) is 30.6 Å². The third-order valence-electron chi connectivity index (χ3n) is 4.59. The summed E-state index contributed by atoms with van der Waals surface area (Å²) in [6, 6.07) is 0. The summed E-state index contributed by atoms with van der Waals surface area (Å²) >= 11 is 0. The number of likely N-dealkylation sites (N-methyl/N-ethyl adjacent to an activating group) is 1. The summed E-state index contributed by atoms with van der Waals surface area (Å²) in [5.74, 6) is 0.503. The molecule has 2 aliphatic rings. The van der Waals surface area contributed by atoms with E-state index in [1.54, 1.807) is 25.1 Å². The number of halogens is 1. The average molecular weight is 466 g/mol. The average Bonchev–Trinajstić information content (AvgIpc) is 3.03. The predicted octanol–water partition coefficient (Wildman–Crippen LogP) is 1.30. The van der Waals surface area contributed by atoms with Crippen LogP contribution in [0.15, 0.2) is 17.6 Å². The first kappa shape index (κ1) is 22.2. The molecule has 2 aliphatic heterocycles. The van der Waals surface area contributed by atoms with E-state index in [9.17, 15) is 4.79 Å². The summed E-state index contributed by atoms with van der Waals surface area (Å²) in [6.07, 6.45) is 3.90. The molecule has 2 fully saturated rings. The molecule has 0 aromatic rings. The summed E-state index contributed by atoms with van der Waals surface area (Å²) in [6.45, 7) is 9.53. The highest BCUT2D eigenvalue weighted by molar-refractivity contribution is 14.0. The minimum atomic E-state index is -0.512. The van der Waals surface area contributed by atoms with Crippen LogP contribution in [0.25, 0.3) is 0 Å². The molecule has 1 amide bonds. The maximum Gasteiger partial charge on any atom is 0.243 e. The predicted molar refractivity (Wildman–Crippen MR) is 109 cm³/mol. The van der Waals surface area contributed by atoms with Crippen molar-refractivity contribution in [2.24, 2.45) is 10.9 Å². The van der Waals surface area contributed by atoms with Crippen molar-refractivity contribution < 1.29 is 14.3 Å². The number of guanidine groups is 1. The maximum absolute atomic E-state index is 11.8. The van der Waals surface area contributed by atoms with Gasteiger partial charge in [0.15, 0.2) is 11.7 Å². The van der Waals surface area contributed by atoms with E-state index in [-0.39, 0.29) is 42.3 Å². The highest BCUT2D eigenvalue weighted by Crippen LogP contribution is 2.34. The fourth-order valence-corrected chi connectivity index (χ4v) is 3.08. The van der Waals surface area contributed by atoms with Gasteiger partial charge in [-0.05, 0) is 19.8 Å². The van der Waals surface area contributed by atoms with E-state index in [2.05, 4.69) is 21.8 Å². The van der Waals surface area contributed by atoms with E-state index in [1.165, 1.54) is 0 Å². The van der Waals surface area contributed by atoms with Crippen molar-refractivity contribution in [3.8, 4) is 0 Å². The van der Waals surface area contributed by atoms with Crippen LogP contribution in [0, 0.1) is 5.92 Å². The lowest BCUT2D eigenvalue weighted by atomic mass is 9.90. The lowest BCUT2D eigenvalue weighted by molar-refractivity contribution is -0.189. The van der Waals surface area contributed by atoms with Gasteiger partial charge >= 0.3 is 0 Å². The molecule has 0 aromatic heterocycles. The summed E-state index contributed by atoms with van der Waals surface area (Å²) in [5, 5.41) is 3.26. The third kappa shape index (κ3) is 6.10. The fourth-order valence-electron chi connectivity index (χ4n) is 3.08. The second kappa shape index (κ2) is 10.3. The van der Waals surface area contributed by atoms with Gasteiger partial charge in [0.1, 0.15) is 6.54 Å². The first-order valence-electron chi connectivity index (χ1n) is 8.58. The standard InChI is InChI=1S/C17H30N4O3.HI/c1-5-8-18-16(19-12-15(22)20(3)4)21-9-6-7-14(13-21)17(2)23-10-11-24-17;/h5,14H,1,6-13H2,2-4H3,(H,18,19);1H. The molecule has 0 radical (unpaired) electrons. The number of carbonyl (C=O) groups is 1. The third-order valence-corrected chi connectivity index (χ3v) is 4.59. The Balaban J connectivity index is 0.00000312. The van der Waals surface area contributed by atoms with Crippen molar-refractivity contribution in [2.45, 2.75) is 25.6 Å². The topological polar surface area (TPSA) is 66.4 Å². The van der Waals surface area contributed by atoms with E-state index in [4.69, 9.17) is 9.47 Å². The molecule has 8 heteroatoms. The lowest BCUT2D eigenvalue weighted by Crippen LogP contribution is -2.52. The van der Waals surface area contributed by atoms with Crippen molar-refractivity contribution in [1.29, 1.82) is 0 Å². The van der Waals surface area contributed by atoms with E-state index in [0.717, 1.165) is 31.9 Å². The quantitative estimate of drug-likeness (QED) is 0.287. The van der Waals surface area contributed by atoms with E-state index in [0.29, 0.717) is 19.8 Å². The molecule has 2 rings (SSSR count). The van der Waals surface area contributed by atoms with Crippen molar-refractivity contribution in [1.82, 2.24) is 15.1 Å². The zero-order chi connectivity index (χ0) is 17.6. The maximum atomic E-state index is 11.8. The number of nitrogens with zero attached hydrogens (tertiary/aromatic N) is 3. The molecule has 1 atom stereocenters. The highest BCUT2D eigenvalue weighted by Gasteiger charge is 2.42. The molecule has 25 heavy (non-hydrogen) atoms. The zero-order valence-corrected chi connectivity index (χ0v) is 17.8. The Bertz CT molecular complexity index is 479. The number of amides is 1. The Morgan fingerprint density at radius 3 is 2.72 bits per heavy atom. The van der Waals surface area contributed by atoms with Gasteiger partial charge in [-0.25, -0.2) is 4.99 Å². The van der Waals surface area contributed by atoms with Crippen molar-refractivity contribution in [2.75, 3.05) is 53.5 Å². The van der Waals surface area contributed by atoms with Gasteiger partial charge in [0, 0.05) is 39.6 Å². The number of hydrogen-bond donors (Lipinski definition) is 1. The minimum Gasteiger partial charge on any atom is -0.353 e. The first-order valence-corrected chi connectivity index (χ1v) is 8.58. The minimum absolute atomic E-state index is 0. The van der Waals surface area contributed by atoms with Crippen LogP contribution in [0.4, 0.5) is 0 Å². The van der Waals surface area contributed by atoms with E-state index in [1.807, 2.05) is 6.92 Å². The number of hydrogen-bond acceptors (Lipinski definition) is 4. The molecule has 2 heterocycles. The number of likely N-dealkylation sites (tertiary alicyclic amines) is 1. The Kier molecular flexibility index (Phi) is 9.15. The summed E-state index contributed by atoms with van der Waals surface area (Å²) in [5.41, 5.74) is 0. The van der Waals surface area contributed by atoms with Crippen LogP contribution in [0.5, 0.6) is 0 Å². The monoisotopic (exact) mass is 466 g/mol. The van der Waals surface area contributed by atoms with Gasteiger partial charge in [-0.3, -0.25) is 4.79 Å². The molecular formula is C17H31IN4O3. The van der Waals surface area contributed by atoms with Gasteiger partial charge in [-0.2, -0.15) is 0 Å². The molecule has 2 saturated heterocycles. The van der Waals surface area contributed by atoms with E-state index >= 15 is 0 Å². The van der Waals surface area contributed by atoms with Crippen LogP contribution < -0.4 is 5.32 Å². The first-order chi connectivity index (χ1) is 11.5. The second-order valence-corrected chi connectivity index (χ2v) is 6.60. The summed E-state index contributed by atoms with van der Waals surface area (Å²) in [7, 11) is 3.47. The van der Waals surface area contributed by atoms with Crippen LogP contribution in [0.2, 0.25) is 0 Å². The molecule has 144 valence electrons. The van der Waals surface area contributed by atoms with Crippen molar-refractivity contribution >= 4 is 35.8 Å². The SMILES string of the molecule is C=CCNC(=NCC(=O)N(C)C)N1CCCC(C2(C)OCCO2)C1.I. The van der Waals surface area contributed by atoms with Gasteiger partial charge in [0.2, 0.25) is 5.91 Å². The molecule has 1 unspecified atom stereocenters. The molecule has 0 spiro atoms. The fraction of sp³-hybridized carbons (Fsp3) is 0.765. The Labute approximate surface area is 167 Å². The second-order valence-electron chi connectivity index (χ2n) is 6.60. The van der Waals surface area contributed by atoms with Crippen LogP contribution in [0.1, 0.15) is 19.8 Å². The van der Waals surface area contributed by atoms with Gasteiger partial charge in [0.05, 0.1) is 13.2 Å². The van der Waals surface area contributed by atoms with E-state index < -0.39 is 5.79 Å². The van der Waals surface area contributed by atoms with Gasteiger partial charge in [-0.1, -0.05) is 6.08 Å². The molecule has 7 nitrogen and oxygen atoms in total. The normalized spacial score (nSPS) is 22.9. The number of ether oxygens (including phenoxy) is 2. The number of carbonyl (C=O) groups excluding carboxylic acids is 1. The molecule has 0 bridgehead atoms. The lowest BCUT2D eigenvalue weighted by Gasteiger charge is -2.41. The Morgan fingerprint density at radius 2 is 2.12 bits per heavy atom. The molecule has 1 N–H and O–H groups in total. The number of nitrogens with one attached hydrogen (secondary N) is 1. The number of rotatable bonds is 5. The van der Waals surface area contributed by atoms with Crippen LogP contribution in [-0.2, 0) is 14.3 Å². The summed E-state index contributed by atoms with van der Waals surface area (Å²) < 4.78 is 11.7. The van der Waals surface area contributed by atoms with Crippen LogP contribution >= 0.6 is 24.0 Å². The molecule has 0 aromatic carbocycles. The summed E-state index contributed by atoms with van der Waals surface area (Å²) in [4.78, 5) is 20.1. The van der Waals surface area contributed by atoms with Crippen molar-refractivity contribution in [3.05, 3.63) is 12.7 Å². The number of piperidine rings is 1. The number of aliphatic imine (C=N–C) groups is 1. The van der Waals surface area contributed by atoms with Gasteiger partial charge in [0.25, 0.3) is 0 Å². The Morgan fingerprint density at radius 1 is 1.44 bits per heavy atom. The zero-order valence-electron chi connectivity index (χ0n) is 15.5. The largest absolute Gasteiger partial charge is 0.353 e.